The van der Waals surface area contributed by atoms with Gasteiger partial charge in [0, 0.05) is 46.3 Å². The molecule has 0 radical (unpaired) electrons. The molecule has 1 fully saturated rings. The minimum absolute atomic E-state index is 0.159. The maximum absolute atomic E-state index is 12.5. The lowest BCUT2D eigenvalue weighted by Gasteiger charge is -2.34. The molecular formula is C25H31N5O3. The molecule has 174 valence electrons. The summed E-state index contributed by atoms with van der Waals surface area (Å²) in [6, 6.07) is 17.6. The Labute approximate surface area is 193 Å². The van der Waals surface area contributed by atoms with E-state index in [-0.39, 0.29) is 12.5 Å². The van der Waals surface area contributed by atoms with Gasteiger partial charge in [-0.05, 0) is 30.7 Å². The van der Waals surface area contributed by atoms with Crippen LogP contribution in [0, 0.1) is 0 Å². The molecule has 0 bridgehead atoms. The van der Waals surface area contributed by atoms with E-state index < -0.39 is 11.1 Å². The van der Waals surface area contributed by atoms with Crippen LogP contribution in [0.25, 0.3) is 11.0 Å². The van der Waals surface area contributed by atoms with E-state index in [0.29, 0.717) is 17.6 Å². The summed E-state index contributed by atoms with van der Waals surface area (Å²) in [5, 5.41) is 2.89. The zero-order valence-electron chi connectivity index (χ0n) is 19.1. The summed E-state index contributed by atoms with van der Waals surface area (Å²) < 4.78 is 2.59. The van der Waals surface area contributed by atoms with Crippen LogP contribution < -0.4 is 16.4 Å². The van der Waals surface area contributed by atoms with Crippen molar-refractivity contribution in [3.05, 3.63) is 80.9 Å². The lowest BCUT2D eigenvalue weighted by molar-refractivity contribution is -0.121. The van der Waals surface area contributed by atoms with Crippen molar-refractivity contribution in [1.29, 1.82) is 0 Å². The third-order valence-corrected chi connectivity index (χ3v) is 6.26. The number of aryl methyl sites for hydroxylation is 1. The zero-order chi connectivity index (χ0) is 23.2. The number of nitrogens with one attached hydrogen (secondary N) is 1. The van der Waals surface area contributed by atoms with Gasteiger partial charge in [-0.2, -0.15) is 0 Å². The summed E-state index contributed by atoms with van der Waals surface area (Å²) in [5.74, 6) is -0.261. The van der Waals surface area contributed by atoms with E-state index in [9.17, 15) is 14.4 Å². The van der Waals surface area contributed by atoms with Gasteiger partial charge in [0.1, 0.15) is 6.54 Å². The molecule has 3 aromatic rings. The highest BCUT2D eigenvalue weighted by atomic mass is 16.2. The Morgan fingerprint density at radius 2 is 1.48 bits per heavy atom. The van der Waals surface area contributed by atoms with Crippen molar-refractivity contribution in [2.45, 2.75) is 19.5 Å². The molecule has 1 aliphatic rings. The number of carbonyl (C=O) groups is 1. The second kappa shape index (κ2) is 10.6. The molecule has 2 heterocycles. The SMILES string of the molecule is Cn1c(=O)c(=O)n(CC(=O)NCCCN2CCN(Cc3ccccc3)CC2)c2ccccc21. The molecule has 2 aromatic carbocycles. The summed E-state index contributed by atoms with van der Waals surface area (Å²) in [4.78, 5) is 42.1. The van der Waals surface area contributed by atoms with Crippen LogP contribution in [0.15, 0.2) is 64.2 Å². The first-order valence-electron chi connectivity index (χ1n) is 11.5. The van der Waals surface area contributed by atoms with Gasteiger partial charge in [-0.3, -0.25) is 23.9 Å². The van der Waals surface area contributed by atoms with Gasteiger partial charge in [0.25, 0.3) is 0 Å². The third kappa shape index (κ3) is 5.58. The maximum Gasteiger partial charge on any atom is 0.317 e. The largest absolute Gasteiger partial charge is 0.355 e. The summed E-state index contributed by atoms with van der Waals surface area (Å²) >= 11 is 0. The lowest BCUT2D eigenvalue weighted by atomic mass is 10.2. The van der Waals surface area contributed by atoms with Gasteiger partial charge in [0.15, 0.2) is 0 Å². The van der Waals surface area contributed by atoms with E-state index in [1.165, 1.54) is 14.7 Å². The van der Waals surface area contributed by atoms with E-state index in [2.05, 4.69) is 39.4 Å². The zero-order valence-corrected chi connectivity index (χ0v) is 19.1. The highest BCUT2D eigenvalue weighted by molar-refractivity contribution is 5.80. The van der Waals surface area contributed by atoms with Crippen LogP contribution in [0.4, 0.5) is 0 Å². The molecule has 1 saturated heterocycles. The van der Waals surface area contributed by atoms with E-state index >= 15 is 0 Å². The van der Waals surface area contributed by atoms with Gasteiger partial charge < -0.3 is 14.8 Å². The average Bonchev–Trinajstić information content (AvgIpc) is 2.85. The molecule has 33 heavy (non-hydrogen) atoms. The molecule has 4 rings (SSSR count). The number of benzene rings is 2. The van der Waals surface area contributed by atoms with E-state index in [4.69, 9.17) is 0 Å². The molecule has 1 aromatic heterocycles. The van der Waals surface area contributed by atoms with Crippen LogP contribution in [-0.2, 0) is 24.9 Å². The molecule has 1 amide bonds. The van der Waals surface area contributed by atoms with E-state index in [1.54, 1.807) is 31.3 Å². The van der Waals surface area contributed by atoms with Crippen LogP contribution in [-0.4, -0.2) is 64.1 Å². The number of piperazine rings is 1. The van der Waals surface area contributed by atoms with Crippen LogP contribution in [0.5, 0.6) is 0 Å². The van der Waals surface area contributed by atoms with Gasteiger partial charge in [0.2, 0.25) is 5.91 Å². The Kier molecular flexibility index (Phi) is 7.36. The lowest BCUT2D eigenvalue weighted by Crippen LogP contribution is -2.46. The van der Waals surface area contributed by atoms with Crippen molar-refractivity contribution < 1.29 is 4.79 Å². The summed E-state index contributed by atoms with van der Waals surface area (Å²) in [6.45, 7) is 6.43. The number of nitrogens with zero attached hydrogens (tertiary/aromatic N) is 4. The number of rotatable bonds is 8. The Morgan fingerprint density at radius 3 is 2.21 bits per heavy atom. The van der Waals surface area contributed by atoms with Crippen LogP contribution in [0.2, 0.25) is 0 Å². The van der Waals surface area contributed by atoms with Crippen molar-refractivity contribution in [1.82, 2.24) is 24.3 Å². The molecule has 0 saturated carbocycles. The number of para-hydroxylation sites is 2. The minimum atomic E-state index is -0.681. The maximum atomic E-state index is 12.5. The van der Waals surface area contributed by atoms with E-state index in [0.717, 1.165) is 45.7 Å². The van der Waals surface area contributed by atoms with Gasteiger partial charge in [0.05, 0.1) is 11.0 Å². The van der Waals surface area contributed by atoms with Gasteiger partial charge in [-0.25, -0.2) is 0 Å². The molecular weight excluding hydrogens is 418 g/mol. The Hall–Kier alpha value is -3.23. The molecule has 8 nitrogen and oxygen atoms in total. The first-order chi connectivity index (χ1) is 16.0. The predicted molar refractivity (Wildman–Crippen MR) is 129 cm³/mol. The fourth-order valence-electron chi connectivity index (χ4n) is 4.35. The molecule has 0 spiro atoms. The smallest absolute Gasteiger partial charge is 0.317 e. The second-order valence-corrected chi connectivity index (χ2v) is 8.55. The highest BCUT2D eigenvalue weighted by Crippen LogP contribution is 2.10. The van der Waals surface area contributed by atoms with Crippen LogP contribution in [0.3, 0.4) is 0 Å². The van der Waals surface area contributed by atoms with Crippen molar-refractivity contribution in [2.75, 3.05) is 39.3 Å². The molecule has 0 aliphatic carbocycles. The number of fused-ring (bicyclic) bond motifs is 1. The number of aromatic nitrogens is 2. The quantitative estimate of drug-likeness (QED) is 0.410. The first kappa shape index (κ1) is 22.9. The Bertz CT molecular complexity index is 1210. The normalized spacial score (nSPS) is 15.1. The van der Waals surface area contributed by atoms with Crippen LogP contribution in [0.1, 0.15) is 12.0 Å². The Morgan fingerprint density at radius 1 is 0.848 bits per heavy atom. The number of hydrogen-bond acceptors (Lipinski definition) is 5. The van der Waals surface area contributed by atoms with Crippen LogP contribution >= 0.6 is 0 Å². The van der Waals surface area contributed by atoms with Crippen molar-refractivity contribution in [3.63, 3.8) is 0 Å². The minimum Gasteiger partial charge on any atom is -0.355 e. The second-order valence-electron chi connectivity index (χ2n) is 8.55. The molecule has 0 unspecified atom stereocenters. The fraction of sp³-hybridized carbons (Fsp3) is 0.400. The third-order valence-electron chi connectivity index (χ3n) is 6.26. The van der Waals surface area contributed by atoms with Gasteiger partial charge >= 0.3 is 11.1 Å². The predicted octanol–water partition coefficient (Wildman–Crippen LogP) is 1.02. The first-order valence-corrected chi connectivity index (χ1v) is 11.5. The Balaban J connectivity index is 1.22. The molecule has 0 atom stereocenters. The topological polar surface area (TPSA) is 79.6 Å². The number of carbonyl (C=O) groups excluding carboxylic acids is 1. The summed E-state index contributed by atoms with van der Waals surface area (Å²) in [6.07, 6.45) is 0.844. The fourth-order valence-corrected chi connectivity index (χ4v) is 4.35. The van der Waals surface area contributed by atoms with Gasteiger partial charge in [-0.15, -0.1) is 0 Å². The molecule has 1 N–H and O–H groups in total. The number of hydrogen-bond donors (Lipinski definition) is 1. The monoisotopic (exact) mass is 449 g/mol. The van der Waals surface area contributed by atoms with Crippen molar-refractivity contribution >= 4 is 16.9 Å². The van der Waals surface area contributed by atoms with Crippen molar-refractivity contribution in [2.24, 2.45) is 7.05 Å². The van der Waals surface area contributed by atoms with Crippen molar-refractivity contribution in [3.8, 4) is 0 Å². The average molecular weight is 450 g/mol. The van der Waals surface area contributed by atoms with E-state index in [1.807, 2.05) is 6.07 Å². The number of amides is 1. The highest BCUT2D eigenvalue weighted by Gasteiger charge is 2.17. The van der Waals surface area contributed by atoms with Gasteiger partial charge in [-0.1, -0.05) is 42.5 Å². The summed E-state index contributed by atoms with van der Waals surface area (Å²) in [5.41, 5.74) is 1.24. The standard InChI is InChI=1S/C25H31N5O3/c1-27-21-10-5-6-11-22(21)30(25(33)24(27)32)19-23(31)26-12-7-13-28-14-16-29(17-15-28)18-20-8-3-2-4-9-20/h2-6,8-11H,7,12-19H2,1H3,(H,26,31). The molecule has 1 aliphatic heterocycles. The molecule has 8 heteroatoms. The summed E-state index contributed by atoms with van der Waals surface area (Å²) in [7, 11) is 1.57.